The molecule has 0 atom stereocenters. The number of nitrogens with zero attached hydrogens (tertiary/aromatic N) is 1. The van der Waals surface area contributed by atoms with Crippen molar-refractivity contribution in [2.75, 3.05) is 7.11 Å². The molecule has 4 nitrogen and oxygen atoms in total. The lowest BCUT2D eigenvalue weighted by atomic mass is 10.2. The van der Waals surface area contributed by atoms with E-state index in [1.807, 2.05) is 0 Å². The van der Waals surface area contributed by atoms with Crippen LogP contribution in [0, 0.1) is 6.92 Å². The molecule has 0 spiro atoms. The van der Waals surface area contributed by atoms with Crippen molar-refractivity contribution in [1.29, 1.82) is 0 Å². The first kappa shape index (κ1) is 9.80. The zero-order chi connectivity index (χ0) is 10.0. The van der Waals surface area contributed by atoms with Crippen LogP contribution in [0.5, 0.6) is 5.75 Å². The van der Waals surface area contributed by atoms with Crippen LogP contribution < -0.4 is 4.74 Å². The predicted octanol–water partition coefficient (Wildman–Crippen LogP) is 1.75. The highest BCUT2D eigenvalue weighted by molar-refractivity contribution is 6.34. The van der Waals surface area contributed by atoms with Crippen LogP contribution in [-0.2, 0) is 0 Å². The molecule has 0 saturated heterocycles. The van der Waals surface area contributed by atoms with E-state index in [0.29, 0.717) is 11.3 Å². The lowest BCUT2D eigenvalue weighted by molar-refractivity contribution is 0.0690. The van der Waals surface area contributed by atoms with Gasteiger partial charge in [-0.2, -0.15) is 0 Å². The Bertz CT molecular complexity index is 351. The third-order valence-electron chi connectivity index (χ3n) is 1.56. The Morgan fingerprint density at radius 3 is 2.77 bits per heavy atom. The molecule has 0 aliphatic carbocycles. The van der Waals surface area contributed by atoms with Gasteiger partial charge in [0, 0.05) is 11.8 Å². The van der Waals surface area contributed by atoms with E-state index in [1.54, 1.807) is 6.92 Å². The lowest BCUT2D eigenvalue weighted by Crippen LogP contribution is -2.03. The van der Waals surface area contributed by atoms with Gasteiger partial charge in [-0.3, -0.25) is 0 Å². The number of aryl methyl sites for hydroxylation is 1. The Kier molecular flexibility index (Phi) is 2.72. The Labute approximate surface area is 80.1 Å². The summed E-state index contributed by atoms with van der Waals surface area (Å²) in [6.07, 6.45) is 1.41. The summed E-state index contributed by atoms with van der Waals surface area (Å²) in [7, 11) is 1.43. The smallest absolute Gasteiger partial charge is 0.356 e. The molecule has 1 rings (SSSR count). The highest BCUT2D eigenvalue weighted by atomic mass is 35.5. The predicted molar refractivity (Wildman–Crippen MR) is 47.5 cm³/mol. The summed E-state index contributed by atoms with van der Waals surface area (Å²) in [6.45, 7) is 1.74. The van der Waals surface area contributed by atoms with Crippen molar-refractivity contribution >= 4 is 17.6 Å². The van der Waals surface area contributed by atoms with Crippen molar-refractivity contribution in [2.45, 2.75) is 6.92 Å². The summed E-state index contributed by atoms with van der Waals surface area (Å²) in [5, 5.41) is 8.71. The first-order chi connectivity index (χ1) is 6.07. The van der Waals surface area contributed by atoms with Gasteiger partial charge in [0.15, 0.2) is 5.69 Å². The van der Waals surface area contributed by atoms with Crippen molar-refractivity contribution in [2.24, 2.45) is 0 Å². The molecule has 0 fully saturated rings. The van der Waals surface area contributed by atoms with Crippen molar-refractivity contribution in [3.63, 3.8) is 0 Å². The molecule has 70 valence electrons. The van der Waals surface area contributed by atoms with Gasteiger partial charge in [0.2, 0.25) is 0 Å². The number of rotatable bonds is 2. The van der Waals surface area contributed by atoms with Crippen LogP contribution in [0.3, 0.4) is 0 Å². The molecular formula is C8H8ClNO3. The maximum atomic E-state index is 10.6. The van der Waals surface area contributed by atoms with Crippen LogP contribution in [-0.4, -0.2) is 23.2 Å². The summed E-state index contributed by atoms with van der Waals surface area (Å²) in [5.74, 6) is -0.808. The first-order valence-electron chi connectivity index (χ1n) is 3.50. The van der Waals surface area contributed by atoms with Gasteiger partial charge in [0.05, 0.1) is 7.11 Å². The number of aromatic nitrogens is 1. The standard InChI is InChI=1S/C8H8ClNO3/c1-4-3-10-6(8(11)12)5(9)7(4)13-2/h3H,1-2H3,(H,11,12). The average Bonchev–Trinajstić information content (AvgIpc) is 2.04. The number of hydrogen-bond acceptors (Lipinski definition) is 3. The van der Waals surface area contributed by atoms with Gasteiger partial charge < -0.3 is 9.84 Å². The van der Waals surface area contributed by atoms with Gasteiger partial charge in [0.1, 0.15) is 10.8 Å². The molecule has 0 bridgehead atoms. The topological polar surface area (TPSA) is 59.4 Å². The number of carboxylic acid groups (broad SMARTS) is 1. The zero-order valence-corrected chi connectivity index (χ0v) is 7.92. The molecule has 0 aliphatic rings. The van der Waals surface area contributed by atoms with Crippen molar-refractivity contribution in [1.82, 2.24) is 4.98 Å². The lowest BCUT2D eigenvalue weighted by Gasteiger charge is -2.07. The number of pyridine rings is 1. The fourth-order valence-electron chi connectivity index (χ4n) is 0.957. The quantitative estimate of drug-likeness (QED) is 0.792. The summed E-state index contributed by atoms with van der Waals surface area (Å²) in [5.41, 5.74) is 0.515. The van der Waals surface area contributed by atoms with Gasteiger partial charge in [0.25, 0.3) is 0 Å². The number of ether oxygens (including phenoxy) is 1. The molecule has 0 saturated carbocycles. The van der Waals surface area contributed by atoms with E-state index >= 15 is 0 Å². The van der Waals surface area contributed by atoms with E-state index in [9.17, 15) is 4.79 Å². The second-order valence-electron chi connectivity index (χ2n) is 2.44. The summed E-state index contributed by atoms with van der Waals surface area (Å²) < 4.78 is 4.93. The highest BCUT2D eigenvalue weighted by Crippen LogP contribution is 2.29. The molecule has 5 heteroatoms. The Balaban J connectivity index is 3.35. The van der Waals surface area contributed by atoms with E-state index in [-0.39, 0.29) is 10.7 Å². The van der Waals surface area contributed by atoms with Gasteiger partial charge >= 0.3 is 5.97 Å². The number of methoxy groups -OCH3 is 1. The number of halogens is 1. The van der Waals surface area contributed by atoms with E-state index < -0.39 is 5.97 Å². The van der Waals surface area contributed by atoms with Crippen molar-refractivity contribution in [3.05, 3.63) is 22.5 Å². The first-order valence-corrected chi connectivity index (χ1v) is 3.88. The van der Waals surface area contributed by atoms with Crippen LogP contribution in [0.2, 0.25) is 5.02 Å². The maximum absolute atomic E-state index is 10.6. The second-order valence-corrected chi connectivity index (χ2v) is 2.82. The maximum Gasteiger partial charge on any atom is 0.356 e. The fraction of sp³-hybridized carbons (Fsp3) is 0.250. The van der Waals surface area contributed by atoms with Crippen LogP contribution in [0.25, 0.3) is 0 Å². The molecular weight excluding hydrogens is 194 g/mol. The highest BCUT2D eigenvalue weighted by Gasteiger charge is 2.16. The van der Waals surface area contributed by atoms with E-state index in [2.05, 4.69) is 4.98 Å². The summed E-state index contributed by atoms with van der Waals surface area (Å²) in [4.78, 5) is 14.3. The fourth-order valence-corrected chi connectivity index (χ4v) is 1.31. The van der Waals surface area contributed by atoms with E-state index in [0.717, 1.165) is 0 Å². The van der Waals surface area contributed by atoms with Crippen molar-refractivity contribution in [3.8, 4) is 5.75 Å². The molecule has 1 aromatic heterocycles. The molecule has 0 unspecified atom stereocenters. The number of carboxylic acids is 1. The largest absolute Gasteiger partial charge is 0.495 e. The Morgan fingerprint density at radius 2 is 2.31 bits per heavy atom. The van der Waals surface area contributed by atoms with Gasteiger partial charge in [-0.1, -0.05) is 11.6 Å². The number of hydrogen-bond donors (Lipinski definition) is 1. The molecule has 0 aliphatic heterocycles. The molecule has 0 aromatic carbocycles. The molecule has 0 amide bonds. The summed E-state index contributed by atoms with van der Waals surface area (Å²) >= 11 is 5.74. The Hall–Kier alpha value is -1.29. The Morgan fingerprint density at radius 1 is 1.69 bits per heavy atom. The molecule has 0 radical (unpaired) electrons. The van der Waals surface area contributed by atoms with Crippen LogP contribution in [0.15, 0.2) is 6.20 Å². The average molecular weight is 202 g/mol. The van der Waals surface area contributed by atoms with Crippen LogP contribution in [0.4, 0.5) is 0 Å². The van der Waals surface area contributed by atoms with Gasteiger partial charge in [-0.05, 0) is 6.92 Å². The molecule has 1 aromatic rings. The van der Waals surface area contributed by atoms with Gasteiger partial charge in [-0.25, -0.2) is 9.78 Å². The molecule has 1 N–H and O–H groups in total. The minimum Gasteiger partial charge on any atom is -0.495 e. The normalized spacial score (nSPS) is 9.77. The third kappa shape index (κ3) is 1.72. The third-order valence-corrected chi connectivity index (χ3v) is 1.91. The van der Waals surface area contributed by atoms with Crippen LogP contribution in [0.1, 0.15) is 16.1 Å². The van der Waals surface area contributed by atoms with E-state index in [1.165, 1.54) is 13.3 Å². The summed E-state index contributed by atoms with van der Waals surface area (Å²) in [6, 6.07) is 0. The zero-order valence-electron chi connectivity index (χ0n) is 7.17. The van der Waals surface area contributed by atoms with Crippen LogP contribution >= 0.6 is 11.6 Å². The van der Waals surface area contributed by atoms with E-state index in [4.69, 9.17) is 21.4 Å². The van der Waals surface area contributed by atoms with Crippen molar-refractivity contribution < 1.29 is 14.6 Å². The van der Waals surface area contributed by atoms with Gasteiger partial charge in [-0.15, -0.1) is 0 Å². The minimum absolute atomic E-state index is 0.0370. The number of carbonyl (C=O) groups is 1. The molecule has 1 heterocycles. The second kappa shape index (κ2) is 3.62. The monoisotopic (exact) mass is 201 g/mol. The number of aromatic carboxylic acids is 1. The molecule has 13 heavy (non-hydrogen) atoms. The SMILES string of the molecule is COc1c(C)cnc(C(=O)O)c1Cl. The minimum atomic E-state index is -1.16.